The van der Waals surface area contributed by atoms with Crippen LogP contribution in [-0.4, -0.2) is 22.1 Å². The quantitative estimate of drug-likeness (QED) is 0.743. The van der Waals surface area contributed by atoms with Gasteiger partial charge in [0.25, 0.3) is 0 Å². The van der Waals surface area contributed by atoms with Gasteiger partial charge in [0.2, 0.25) is 0 Å². The monoisotopic (exact) mass is 304 g/mol. The van der Waals surface area contributed by atoms with Crippen molar-refractivity contribution in [2.45, 2.75) is 13.8 Å². The molecule has 5 nitrogen and oxygen atoms in total. The third kappa shape index (κ3) is 2.55. The lowest BCUT2D eigenvalue weighted by Crippen LogP contribution is -2.03. The van der Waals surface area contributed by atoms with Gasteiger partial charge in [-0.3, -0.25) is 0 Å². The third-order valence-corrected chi connectivity index (χ3v) is 3.73. The van der Waals surface area contributed by atoms with Gasteiger partial charge < -0.3 is 4.74 Å². The molecule has 1 aromatic heterocycles. The Morgan fingerprint density at radius 1 is 1.13 bits per heavy atom. The summed E-state index contributed by atoms with van der Waals surface area (Å²) in [5.74, 6) is 0.679. The Bertz CT molecular complexity index is 906. The second-order valence-electron chi connectivity index (χ2n) is 5.30. The summed E-state index contributed by atoms with van der Waals surface area (Å²) in [5, 5.41) is 17.7. The van der Waals surface area contributed by atoms with Crippen molar-refractivity contribution in [3.8, 4) is 28.8 Å². The van der Waals surface area contributed by atoms with E-state index in [1.807, 2.05) is 56.3 Å². The number of nitriles is 1. The molecule has 0 N–H and O–H groups in total. The molecular formula is C18H16N4O. The van der Waals surface area contributed by atoms with Gasteiger partial charge in [-0.15, -0.1) is 5.10 Å². The first-order valence-corrected chi connectivity index (χ1v) is 7.22. The summed E-state index contributed by atoms with van der Waals surface area (Å²) in [5.41, 5.74) is 4.78. The lowest BCUT2D eigenvalue weighted by molar-refractivity contribution is 0.416. The first-order chi connectivity index (χ1) is 11.2. The largest absolute Gasteiger partial charge is 0.496 e. The topological polar surface area (TPSA) is 63.7 Å². The van der Waals surface area contributed by atoms with Crippen LogP contribution in [0.2, 0.25) is 0 Å². The Morgan fingerprint density at radius 3 is 2.65 bits per heavy atom. The van der Waals surface area contributed by atoms with Crippen molar-refractivity contribution in [2.75, 3.05) is 7.11 Å². The van der Waals surface area contributed by atoms with Crippen LogP contribution in [0.25, 0.3) is 16.9 Å². The zero-order valence-electron chi connectivity index (χ0n) is 13.2. The van der Waals surface area contributed by atoms with E-state index < -0.39 is 0 Å². The highest BCUT2D eigenvalue weighted by atomic mass is 16.5. The zero-order chi connectivity index (χ0) is 16.4. The zero-order valence-corrected chi connectivity index (χ0v) is 13.2. The van der Waals surface area contributed by atoms with E-state index in [1.54, 1.807) is 11.8 Å². The van der Waals surface area contributed by atoms with E-state index in [0.29, 0.717) is 11.4 Å². The lowest BCUT2D eigenvalue weighted by atomic mass is 10.1. The summed E-state index contributed by atoms with van der Waals surface area (Å²) in [7, 11) is 1.61. The van der Waals surface area contributed by atoms with Crippen molar-refractivity contribution < 1.29 is 4.74 Å². The van der Waals surface area contributed by atoms with Crippen LogP contribution in [0.3, 0.4) is 0 Å². The average Bonchev–Trinajstić information content (AvgIpc) is 3.00. The molecule has 0 fully saturated rings. The predicted octanol–water partition coefficient (Wildman–Crippen LogP) is 3.43. The second-order valence-corrected chi connectivity index (χ2v) is 5.30. The lowest BCUT2D eigenvalue weighted by Gasteiger charge is -2.12. The molecule has 0 radical (unpaired) electrons. The van der Waals surface area contributed by atoms with E-state index in [9.17, 15) is 5.26 Å². The molecule has 0 unspecified atom stereocenters. The highest BCUT2D eigenvalue weighted by Crippen LogP contribution is 2.33. The van der Waals surface area contributed by atoms with Crippen LogP contribution in [-0.2, 0) is 0 Å². The van der Waals surface area contributed by atoms with Crippen LogP contribution in [0.4, 0.5) is 0 Å². The van der Waals surface area contributed by atoms with E-state index in [1.165, 1.54) is 0 Å². The molecule has 0 aliphatic heterocycles. The van der Waals surface area contributed by atoms with Gasteiger partial charge in [-0.05, 0) is 43.2 Å². The highest BCUT2D eigenvalue weighted by Gasteiger charge is 2.20. The third-order valence-electron chi connectivity index (χ3n) is 3.73. The number of hydrogen-bond acceptors (Lipinski definition) is 4. The van der Waals surface area contributed by atoms with Crippen molar-refractivity contribution in [1.82, 2.24) is 15.0 Å². The van der Waals surface area contributed by atoms with Gasteiger partial charge in [0.15, 0.2) is 5.69 Å². The smallest absolute Gasteiger partial charge is 0.191 e. The maximum atomic E-state index is 9.42. The number of nitrogens with zero attached hydrogens (tertiary/aromatic N) is 4. The van der Waals surface area contributed by atoms with Gasteiger partial charge >= 0.3 is 0 Å². The first kappa shape index (κ1) is 14.8. The normalized spacial score (nSPS) is 10.3. The highest BCUT2D eigenvalue weighted by molar-refractivity contribution is 5.73. The van der Waals surface area contributed by atoms with Crippen molar-refractivity contribution in [2.24, 2.45) is 0 Å². The molecule has 3 rings (SSSR count). The minimum atomic E-state index is 0.274. The van der Waals surface area contributed by atoms with E-state index >= 15 is 0 Å². The van der Waals surface area contributed by atoms with Gasteiger partial charge in [0.1, 0.15) is 17.5 Å². The molecule has 0 amide bonds. The predicted molar refractivity (Wildman–Crippen MR) is 87.5 cm³/mol. The van der Waals surface area contributed by atoms with Gasteiger partial charge in [-0.2, -0.15) is 5.26 Å². The maximum Gasteiger partial charge on any atom is 0.191 e. The molecule has 0 atom stereocenters. The molecule has 23 heavy (non-hydrogen) atoms. The minimum absolute atomic E-state index is 0.274. The number of aryl methyl sites for hydroxylation is 2. The standard InChI is InChI=1S/C18H16N4O/c1-12-8-9-13(2)16(10-12)22-18(15(11-19)20-21-22)14-6-4-5-7-17(14)23-3/h4-10H,1-3H3. The van der Waals surface area contributed by atoms with E-state index in [0.717, 1.165) is 22.4 Å². The number of methoxy groups -OCH3 is 1. The summed E-state index contributed by atoms with van der Waals surface area (Å²) in [6.45, 7) is 4.03. The molecule has 0 saturated carbocycles. The fraction of sp³-hybridized carbons (Fsp3) is 0.167. The van der Waals surface area contributed by atoms with Crippen molar-refractivity contribution in [3.05, 3.63) is 59.3 Å². The van der Waals surface area contributed by atoms with Gasteiger partial charge in [0.05, 0.1) is 12.8 Å². The van der Waals surface area contributed by atoms with Gasteiger partial charge in [0, 0.05) is 5.56 Å². The number of para-hydroxylation sites is 1. The van der Waals surface area contributed by atoms with Crippen LogP contribution < -0.4 is 4.74 Å². The van der Waals surface area contributed by atoms with Crippen LogP contribution in [0.1, 0.15) is 16.8 Å². The van der Waals surface area contributed by atoms with Crippen LogP contribution in [0.5, 0.6) is 5.75 Å². The molecule has 2 aromatic carbocycles. The van der Waals surface area contributed by atoms with Crippen LogP contribution in [0.15, 0.2) is 42.5 Å². The fourth-order valence-electron chi connectivity index (χ4n) is 2.56. The number of benzene rings is 2. The number of aromatic nitrogens is 3. The minimum Gasteiger partial charge on any atom is -0.496 e. The second kappa shape index (κ2) is 5.93. The van der Waals surface area contributed by atoms with Crippen molar-refractivity contribution in [1.29, 1.82) is 5.26 Å². The van der Waals surface area contributed by atoms with Crippen molar-refractivity contribution >= 4 is 0 Å². The molecule has 0 spiro atoms. The van der Waals surface area contributed by atoms with Crippen LogP contribution in [0, 0.1) is 25.2 Å². The van der Waals surface area contributed by atoms with Crippen molar-refractivity contribution in [3.63, 3.8) is 0 Å². The van der Waals surface area contributed by atoms with E-state index in [4.69, 9.17) is 4.74 Å². The molecule has 0 saturated heterocycles. The Kier molecular flexibility index (Phi) is 3.82. The first-order valence-electron chi connectivity index (χ1n) is 7.22. The average molecular weight is 304 g/mol. The molecular weight excluding hydrogens is 288 g/mol. The molecule has 0 aliphatic rings. The molecule has 3 aromatic rings. The Hall–Kier alpha value is -3.13. The van der Waals surface area contributed by atoms with Gasteiger partial charge in [-0.1, -0.05) is 29.5 Å². The summed E-state index contributed by atoms with van der Waals surface area (Å²) in [6, 6.07) is 15.8. The molecule has 1 heterocycles. The maximum absolute atomic E-state index is 9.42. The SMILES string of the molecule is COc1ccccc1-c1c(C#N)nnn1-c1cc(C)ccc1C. The van der Waals surface area contributed by atoms with Crippen LogP contribution >= 0.6 is 0 Å². The summed E-state index contributed by atoms with van der Waals surface area (Å²) < 4.78 is 7.14. The van der Waals surface area contributed by atoms with Gasteiger partial charge in [-0.25, -0.2) is 4.68 Å². The number of ether oxygens (including phenoxy) is 1. The Balaban J connectivity index is 2.31. The summed E-state index contributed by atoms with van der Waals surface area (Å²) in [4.78, 5) is 0. The van der Waals surface area contributed by atoms with E-state index in [2.05, 4.69) is 16.4 Å². The fourth-order valence-corrected chi connectivity index (χ4v) is 2.56. The molecule has 0 bridgehead atoms. The molecule has 5 heteroatoms. The number of rotatable bonds is 3. The number of hydrogen-bond donors (Lipinski definition) is 0. The molecule has 0 aliphatic carbocycles. The molecule has 114 valence electrons. The summed E-state index contributed by atoms with van der Waals surface area (Å²) >= 11 is 0. The Labute approximate surface area is 134 Å². The Morgan fingerprint density at radius 2 is 1.91 bits per heavy atom. The summed E-state index contributed by atoms with van der Waals surface area (Å²) in [6.07, 6.45) is 0. The van der Waals surface area contributed by atoms with E-state index in [-0.39, 0.29) is 5.69 Å².